The summed E-state index contributed by atoms with van der Waals surface area (Å²) in [7, 11) is 0. The van der Waals surface area contributed by atoms with Gasteiger partial charge in [-0.15, -0.1) is 11.8 Å². The number of hydrogen-bond donors (Lipinski definition) is 1. The average Bonchev–Trinajstić information content (AvgIpc) is 2.50. The third kappa shape index (κ3) is 4.71. The van der Waals surface area contributed by atoms with E-state index in [0.717, 1.165) is 9.37 Å². The third-order valence-electron chi connectivity index (χ3n) is 3.05. The van der Waals surface area contributed by atoms with Gasteiger partial charge in [-0.25, -0.2) is 0 Å². The van der Waals surface area contributed by atoms with Crippen molar-refractivity contribution >= 4 is 45.1 Å². The molecule has 2 aromatic carbocycles. The Kier molecular flexibility index (Phi) is 5.80. The molecule has 0 aliphatic carbocycles. The molecule has 0 spiro atoms. The van der Waals surface area contributed by atoms with Crippen LogP contribution in [0.25, 0.3) is 0 Å². The van der Waals surface area contributed by atoms with E-state index in [2.05, 4.69) is 21.2 Å². The smallest absolute Gasteiger partial charge is 0.237 e. The maximum Gasteiger partial charge on any atom is 0.237 e. The number of ketones is 1. The van der Waals surface area contributed by atoms with Crippen molar-refractivity contribution in [1.82, 2.24) is 0 Å². The van der Waals surface area contributed by atoms with E-state index < -0.39 is 0 Å². The van der Waals surface area contributed by atoms with Crippen LogP contribution in [0.3, 0.4) is 0 Å². The minimum atomic E-state index is -0.214. The highest BCUT2D eigenvalue weighted by Gasteiger charge is 2.14. The van der Waals surface area contributed by atoms with E-state index in [1.807, 2.05) is 31.2 Å². The monoisotopic (exact) mass is 377 g/mol. The van der Waals surface area contributed by atoms with Crippen LogP contribution in [0.5, 0.6) is 0 Å². The number of benzene rings is 2. The van der Waals surface area contributed by atoms with Crippen molar-refractivity contribution in [3.63, 3.8) is 0 Å². The number of rotatable bonds is 5. The predicted octanol–water partition coefficient (Wildman–Crippen LogP) is 4.77. The molecule has 1 N–H and O–H groups in total. The zero-order valence-corrected chi connectivity index (χ0v) is 14.7. The summed E-state index contributed by atoms with van der Waals surface area (Å²) in [5.41, 5.74) is 1.33. The van der Waals surface area contributed by atoms with Gasteiger partial charge in [0, 0.05) is 20.6 Å². The van der Waals surface area contributed by atoms with Crippen LogP contribution in [0.15, 0.2) is 57.9 Å². The molecule has 114 valence electrons. The van der Waals surface area contributed by atoms with Crippen molar-refractivity contribution in [2.24, 2.45) is 0 Å². The van der Waals surface area contributed by atoms with Gasteiger partial charge in [-0.3, -0.25) is 9.59 Å². The lowest BCUT2D eigenvalue weighted by atomic mass is 10.1. The normalized spacial score (nSPS) is 11.8. The summed E-state index contributed by atoms with van der Waals surface area (Å²) in [6.07, 6.45) is 0. The molecule has 0 aliphatic rings. The van der Waals surface area contributed by atoms with Crippen molar-refractivity contribution in [2.45, 2.75) is 24.0 Å². The van der Waals surface area contributed by atoms with Gasteiger partial charge in [-0.2, -0.15) is 0 Å². The topological polar surface area (TPSA) is 46.2 Å². The first-order chi connectivity index (χ1) is 10.5. The Balaban J connectivity index is 1.95. The van der Waals surface area contributed by atoms with Crippen molar-refractivity contribution in [3.8, 4) is 0 Å². The standard InChI is InChI=1S/C17H16BrNO2S/c1-11(20)13-3-7-15(8-4-13)19-17(21)12(2)22-16-9-5-14(18)6-10-16/h3-10,12H,1-2H3,(H,19,21)/t12-/m1/s1. The summed E-state index contributed by atoms with van der Waals surface area (Å²) in [6.45, 7) is 3.39. The van der Waals surface area contributed by atoms with Gasteiger partial charge in [-0.05, 0) is 62.4 Å². The Hall–Kier alpha value is -1.59. The van der Waals surface area contributed by atoms with Crippen molar-refractivity contribution in [2.75, 3.05) is 5.32 Å². The summed E-state index contributed by atoms with van der Waals surface area (Å²) in [5, 5.41) is 2.64. The van der Waals surface area contributed by atoms with E-state index in [-0.39, 0.29) is 16.9 Å². The van der Waals surface area contributed by atoms with Gasteiger partial charge in [0.25, 0.3) is 0 Å². The summed E-state index contributed by atoms with van der Waals surface area (Å²) < 4.78 is 1.01. The van der Waals surface area contributed by atoms with E-state index >= 15 is 0 Å². The highest BCUT2D eigenvalue weighted by atomic mass is 79.9. The maximum atomic E-state index is 12.2. The van der Waals surface area contributed by atoms with Crippen LogP contribution in [0.1, 0.15) is 24.2 Å². The molecule has 0 aliphatic heterocycles. The SMILES string of the molecule is CC(=O)c1ccc(NC(=O)[C@@H](C)Sc2ccc(Br)cc2)cc1. The zero-order valence-electron chi connectivity index (χ0n) is 12.3. The van der Waals surface area contributed by atoms with Crippen LogP contribution in [0, 0.1) is 0 Å². The van der Waals surface area contributed by atoms with E-state index in [1.54, 1.807) is 24.3 Å². The minimum absolute atomic E-state index is 0.0111. The molecule has 5 heteroatoms. The fraction of sp³-hybridized carbons (Fsp3) is 0.176. The molecule has 0 radical (unpaired) electrons. The van der Waals surface area contributed by atoms with Crippen LogP contribution >= 0.6 is 27.7 Å². The number of halogens is 1. The van der Waals surface area contributed by atoms with E-state index in [0.29, 0.717) is 11.3 Å². The second-order valence-electron chi connectivity index (χ2n) is 4.84. The molecule has 0 saturated heterocycles. The highest BCUT2D eigenvalue weighted by Crippen LogP contribution is 2.25. The van der Waals surface area contributed by atoms with Gasteiger partial charge in [-0.1, -0.05) is 15.9 Å². The van der Waals surface area contributed by atoms with E-state index in [1.165, 1.54) is 18.7 Å². The largest absolute Gasteiger partial charge is 0.325 e. The van der Waals surface area contributed by atoms with E-state index in [9.17, 15) is 9.59 Å². The zero-order chi connectivity index (χ0) is 16.1. The van der Waals surface area contributed by atoms with Crippen LogP contribution in [0.2, 0.25) is 0 Å². The molecule has 3 nitrogen and oxygen atoms in total. The van der Waals surface area contributed by atoms with Crippen molar-refractivity contribution in [3.05, 3.63) is 58.6 Å². The Bertz CT molecular complexity index is 668. The van der Waals surface area contributed by atoms with Gasteiger partial charge in [0.05, 0.1) is 5.25 Å². The number of nitrogens with one attached hydrogen (secondary N) is 1. The van der Waals surface area contributed by atoms with Gasteiger partial charge >= 0.3 is 0 Å². The van der Waals surface area contributed by atoms with Crippen LogP contribution in [0.4, 0.5) is 5.69 Å². The molecule has 1 amide bonds. The first-order valence-electron chi connectivity index (χ1n) is 6.80. The molecule has 2 aromatic rings. The molecule has 0 saturated carbocycles. The molecular weight excluding hydrogens is 362 g/mol. The quantitative estimate of drug-likeness (QED) is 0.602. The molecule has 0 bridgehead atoms. The minimum Gasteiger partial charge on any atom is -0.325 e. The number of thioether (sulfide) groups is 1. The number of hydrogen-bond acceptors (Lipinski definition) is 3. The molecule has 0 fully saturated rings. The van der Waals surface area contributed by atoms with Gasteiger partial charge in [0.1, 0.15) is 0 Å². The fourth-order valence-corrected chi connectivity index (χ4v) is 2.93. The molecule has 1 atom stereocenters. The molecule has 2 rings (SSSR count). The summed E-state index contributed by atoms with van der Waals surface area (Å²) in [6, 6.07) is 14.8. The summed E-state index contributed by atoms with van der Waals surface area (Å²) in [4.78, 5) is 24.5. The summed E-state index contributed by atoms with van der Waals surface area (Å²) in [5.74, 6) is -0.0551. The molecular formula is C17H16BrNO2S. The number of carbonyl (C=O) groups is 2. The van der Waals surface area contributed by atoms with Gasteiger partial charge < -0.3 is 5.32 Å². The Morgan fingerprint density at radius 3 is 2.18 bits per heavy atom. The Labute approximate surface area is 142 Å². The Morgan fingerprint density at radius 1 is 1.05 bits per heavy atom. The predicted molar refractivity (Wildman–Crippen MR) is 94.5 cm³/mol. The molecule has 0 unspecified atom stereocenters. The van der Waals surface area contributed by atoms with Crippen LogP contribution in [-0.2, 0) is 4.79 Å². The lowest BCUT2D eigenvalue weighted by molar-refractivity contribution is -0.115. The van der Waals surface area contributed by atoms with Gasteiger partial charge in [0.15, 0.2) is 5.78 Å². The first-order valence-corrected chi connectivity index (χ1v) is 8.47. The number of carbonyl (C=O) groups excluding carboxylic acids is 2. The van der Waals surface area contributed by atoms with E-state index in [4.69, 9.17) is 0 Å². The highest BCUT2D eigenvalue weighted by molar-refractivity contribution is 9.10. The lowest BCUT2D eigenvalue weighted by Gasteiger charge is -2.12. The Morgan fingerprint density at radius 2 is 1.64 bits per heavy atom. The van der Waals surface area contributed by atoms with Crippen LogP contribution < -0.4 is 5.32 Å². The number of anilines is 1. The van der Waals surface area contributed by atoms with Crippen molar-refractivity contribution in [1.29, 1.82) is 0 Å². The number of amides is 1. The van der Waals surface area contributed by atoms with Gasteiger partial charge in [0.2, 0.25) is 5.91 Å². The molecule has 0 aromatic heterocycles. The fourth-order valence-electron chi connectivity index (χ4n) is 1.80. The second-order valence-corrected chi connectivity index (χ2v) is 7.17. The second kappa shape index (κ2) is 7.61. The molecule has 22 heavy (non-hydrogen) atoms. The number of Topliss-reactive ketones (excluding diaryl/α,β-unsaturated/α-hetero) is 1. The average molecular weight is 378 g/mol. The first kappa shape index (κ1) is 16.8. The summed E-state index contributed by atoms with van der Waals surface area (Å²) >= 11 is 4.89. The third-order valence-corrected chi connectivity index (χ3v) is 4.70. The maximum absolute atomic E-state index is 12.2. The van der Waals surface area contributed by atoms with Crippen LogP contribution in [-0.4, -0.2) is 16.9 Å². The lowest BCUT2D eigenvalue weighted by Crippen LogP contribution is -2.22. The van der Waals surface area contributed by atoms with Crippen molar-refractivity contribution < 1.29 is 9.59 Å². The molecule has 0 heterocycles.